The Morgan fingerprint density at radius 2 is 1.77 bits per heavy atom. The van der Waals surface area contributed by atoms with Crippen molar-refractivity contribution >= 4 is 23.0 Å². The fourth-order valence-corrected chi connectivity index (χ4v) is 5.99. The number of rotatable bonds is 6. The van der Waals surface area contributed by atoms with Crippen LogP contribution in [0.5, 0.6) is 0 Å². The lowest BCUT2D eigenvalue weighted by Crippen LogP contribution is -2.47. The van der Waals surface area contributed by atoms with Crippen LogP contribution in [0.1, 0.15) is 65.8 Å². The van der Waals surface area contributed by atoms with Crippen molar-refractivity contribution in [2.75, 3.05) is 11.4 Å². The second-order valence-electron chi connectivity index (χ2n) is 10.9. The van der Waals surface area contributed by atoms with Gasteiger partial charge < -0.3 is 14.6 Å². The second kappa shape index (κ2) is 10.2. The minimum Gasteiger partial charge on any atom is -0.475 e. The molecule has 2 aliphatic rings. The SMILES string of the molecule is Cc1cccc(-c2nc3nc(C(=O)O)nc(N4CCCCC4C4CCC4)c3n2Cc2ccc(C(F)(F)F)cc2)c1. The van der Waals surface area contributed by atoms with Crippen LogP contribution in [0.2, 0.25) is 0 Å². The lowest BCUT2D eigenvalue weighted by atomic mass is 9.76. The van der Waals surface area contributed by atoms with E-state index in [4.69, 9.17) is 4.98 Å². The van der Waals surface area contributed by atoms with Gasteiger partial charge in [0.2, 0.25) is 5.82 Å². The molecule has 4 aromatic rings. The van der Waals surface area contributed by atoms with Crippen LogP contribution in [-0.2, 0) is 12.7 Å². The van der Waals surface area contributed by atoms with Crippen LogP contribution < -0.4 is 4.90 Å². The third kappa shape index (κ3) is 4.91. The minimum absolute atomic E-state index is 0.225. The van der Waals surface area contributed by atoms with Gasteiger partial charge >= 0.3 is 12.1 Å². The summed E-state index contributed by atoms with van der Waals surface area (Å²) in [5.74, 6) is 0.0949. The predicted octanol–water partition coefficient (Wildman–Crippen LogP) is 6.73. The average Bonchev–Trinajstić information content (AvgIpc) is 3.25. The maximum Gasteiger partial charge on any atom is 0.416 e. The quantitative estimate of drug-likeness (QED) is 0.287. The number of halogens is 3. The van der Waals surface area contributed by atoms with Crippen LogP contribution in [0.4, 0.5) is 19.0 Å². The van der Waals surface area contributed by atoms with Gasteiger partial charge in [-0.05, 0) is 68.7 Å². The van der Waals surface area contributed by atoms with Gasteiger partial charge in [0.05, 0.1) is 5.56 Å². The Morgan fingerprint density at radius 1 is 1.00 bits per heavy atom. The van der Waals surface area contributed by atoms with Gasteiger partial charge in [-0.1, -0.05) is 42.3 Å². The van der Waals surface area contributed by atoms with Crippen molar-refractivity contribution < 1.29 is 23.1 Å². The number of benzene rings is 2. The van der Waals surface area contributed by atoms with Crippen molar-refractivity contribution in [3.8, 4) is 11.4 Å². The van der Waals surface area contributed by atoms with Gasteiger partial charge in [-0.15, -0.1) is 0 Å². The number of carbonyl (C=O) groups is 1. The first-order valence-corrected chi connectivity index (χ1v) is 13.7. The van der Waals surface area contributed by atoms with E-state index < -0.39 is 17.7 Å². The topological polar surface area (TPSA) is 84.1 Å². The largest absolute Gasteiger partial charge is 0.475 e. The van der Waals surface area contributed by atoms with Crippen LogP contribution in [0, 0.1) is 12.8 Å². The molecule has 0 bridgehead atoms. The summed E-state index contributed by atoms with van der Waals surface area (Å²) in [5.41, 5.74) is 2.64. The Morgan fingerprint density at radius 3 is 2.42 bits per heavy atom. The molecule has 0 amide bonds. The van der Waals surface area contributed by atoms with Crippen molar-refractivity contribution in [3.05, 3.63) is 71.0 Å². The molecule has 40 heavy (non-hydrogen) atoms. The fraction of sp³-hybridized carbons (Fsp3) is 0.400. The van der Waals surface area contributed by atoms with Crippen molar-refractivity contribution in [1.82, 2.24) is 19.5 Å². The molecule has 0 spiro atoms. The molecule has 1 atom stereocenters. The van der Waals surface area contributed by atoms with Crippen LogP contribution in [-0.4, -0.2) is 43.2 Å². The summed E-state index contributed by atoms with van der Waals surface area (Å²) in [6, 6.07) is 13.1. The zero-order chi connectivity index (χ0) is 28.0. The summed E-state index contributed by atoms with van der Waals surface area (Å²) in [6.07, 6.45) is 2.13. The normalized spacial score (nSPS) is 18.2. The number of alkyl halides is 3. The number of piperidine rings is 1. The summed E-state index contributed by atoms with van der Waals surface area (Å²) in [4.78, 5) is 28.1. The summed E-state index contributed by atoms with van der Waals surface area (Å²) >= 11 is 0. The maximum atomic E-state index is 13.2. The Balaban J connectivity index is 1.56. The molecule has 208 valence electrons. The number of aromatic nitrogens is 4. The van der Waals surface area contributed by atoms with E-state index in [1.165, 1.54) is 18.6 Å². The highest BCUT2D eigenvalue weighted by Gasteiger charge is 2.36. The van der Waals surface area contributed by atoms with E-state index >= 15 is 0 Å². The second-order valence-corrected chi connectivity index (χ2v) is 10.9. The van der Waals surface area contributed by atoms with Gasteiger partial charge in [0.15, 0.2) is 11.5 Å². The standard InChI is InChI=1S/C30H30F3N5O2/c1-18-6-4-9-21(16-18)27-35-25-24(38(27)17-19-11-13-22(14-12-19)30(31,32)33)28(36-26(34-25)29(39)40)37-15-3-2-10-23(37)20-7-5-8-20/h4,6,9,11-14,16,20,23H,2-3,5,7-8,10,15,17H2,1H3,(H,39,40). The van der Waals surface area contributed by atoms with Gasteiger partial charge in [0.25, 0.3) is 0 Å². The number of aromatic carboxylic acids is 1. The number of carboxylic acids is 1. The van der Waals surface area contributed by atoms with Gasteiger partial charge in [0.1, 0.15) is 11.3 Å². The molecule has 1 aliphatic carbocycles. The number of anilines is 1. The van der Waals surface area contributed by atoms with Crippen molar-refractivity contribution in [2.24, 2.45) is 5.92 Å². The van der Waals surface area contributed by atoms with Crippen LogP contribution in [0.15, 0.2) is 48.5 Å². The van der Waals surface area contributed by atoms with E-state index in [0.29, 0.717) is 28.6 Å². The molecule has 1 aliphatic heterocycles. The molecular weight excluding hydrogens is 519 g/mol. The average molecular weight is 550 g/mol. The lowest BCUT2D eigenvalue weighted by molar-refractivity contribution is -0.137. The number of aryl methyl sites for hydroxylation is 1. The molecule has 2 aromatic heterocycles. The molecular formula is C30H30F3N5O2. The highest BCUT2D eigenvalue weighted by Crippen LogP contribution is 2.41. The molecule has 1 unspecified atom stereocenters. The van der Waals surface area contributed by atoms with Gasteiger partial charge in [-0.2, -0.15) is 13.2 Å². The zero-order valence-corrected chi connectivity index (χ0v) is 22.2. The molecule has 1 saturated heterocycles. The van der Waals surface area contributed by atoms with Crippen molar-refractivity contribution in [3.63, 3.8) is 0 Å². The van der Waals surface area contributed by atoms with Crippen molar-refractivity contribution in [2.45, 2.75) is 64.2 Å². The van der Waals surface area contributed by atoms with Crippen LogP contribution >= 0.6 is 0 Å². The van der Waals surface area contributed by atoms with Gasteiger partial charge in [0, 0.05) is 24.7 Å². The molecule has 2 aromatic carbocycles. The number of hydrogen-bond donors (Lipinski definition) is 1. The molecule has 6 rings (SSSR count). The van der Waals surface area contributed by atoms with Gasteiger partial charge in [-0.25, -0.2) is 19.7 Å². The Kier molecular flexibility index (Phi) is 6.72. The molecule has 1 N–H and O–H groups in total. The number of carboxylic acid groups (broad SMARTS) is 1. The molecule has 10 heteroatoms. The molecule has 7 nitrogen and oxygen atoms in total. The Labute approximate surface area is 229 Å². The molecule has 3 heterocycles. The first-order valence-electron chi connectivity index (χ1n) is 13.7. The van der Waals surface area contributed by atoms with E-state index in [9.17, 15) is 23.1 Å². The molecule has 0 radical (unpaired) electrons. The van der Waals surface area contributed by atoms with Gasteiger partial charge in [-0.3, -0.25) is 0 Å². The molecule has 2 fully saturated rings. The number of imidazole rings is 1. The third-order valence-electron chi connectivity index (χ3n) is 8.19. The highest BCUT2D eigenvalue weighted by molar-refractivity contribution is 5.92. The smallest absolute Gasteiger partial charge is 0.416 e. The third-order valence-corrected chi connectivity index (χ3v) is 8.19. The minimum atomic E-state index is -4.42. The summed E-state index contributed by atoms with van der Waals surface area (Å²) in [7, 11) is 0. The molecule has 1 saturated carbocycles. The van der Waals surface area contributed by atoms with Crippen molar-refractivity contribution in [1.29, 1.82) is 0 Å². The van der Waals surface area contributed by atoms with E-state index in [-0.39, 0.29) is 24.1 Å². The first-order chi connectivity index (χ1) is 19.2. The fourth-order valence-electron chi connectivity index (χ4n) is 5.99. The van der Waals surface area contributed by atoms with E-state index in [1.54, 1.807) is 0 Å². The van der Waals surface area contributed by atoms with E-state index in [0.717, 1.165) is 61.9 Å². The van der Waals surface area contributed by atoms with Crippen LogP contribution in [0.3, 0.4) is 0 Å². The number of fused-ring (bicyclic) bond motifs is 1. The predicted molar refractivity (Wildman–Crippen MR) is 145 cm³/mol. The Bertz CT molecular complexity index is 1560. The van der Waals surface area contributed by atoms with Crippen LogP contribution in [0.25, 0.3) is 22.6 Å². The summed E-state index contributed by atoms with van der Waals surface area (Å²) < 4.78 is 41.7. The summed E-state index contributed by atoms with van der Waals surface area (Å²) in [5, 5.41) is 9.89. The number of nitrogens with zero attached hydrogens (tertiary/aromatic N) is 5. The maximum absolute atomic E-state index is 13.2. The Hall–Kier alpha value is -3.95. The van der Waals surface area contributed by atoms with E-state index in [2.05, 4.69) is 14.9 Å². The van der Waals surface area contributed by atoms with E-state index in [1.807, 2.05) is 35.8 Å². The highest BCUT2D eigenvalue weighted by atomic mass is 19.4. The number of hydrogen-bond acceptors (Lipinski definition) is 5. The first kappa shape index (κ1) is 26.3. The zero-order valence-electron chi connectivity index (χ0n) is 22.2. The summed E-state index contributed by atoms with van der Waals surface area (Å²) in [6.45, 7) is 2.94. The lowest BCUT2D eigenvalue weighted by Gasteiger charge is -2.44. The monoisotopic (exact) mass is 549 g/mol.